The average molecular weight is 354 g/mol. The van der Waals surface area contributed by atoms with Crippen LogP contribution in [0.5, 0.6) is 11.5 Å². The number of carbonyl (C=O) groups excluding carboxylic acids is 1. The standard InChI is InChI=1S/C19H18N2O3S/c1-13-18(14-8-10-15(23-2)11-9-14)21-19(25-13)20-17(22)12-24-16-6-4-3-5-7-16/h3-11H,12H2,1-2H3,(H,20,21,22). The molecular formula is C19H18N2O3S. The summed E-state index contributed by atoms with van der Waals surface area (Å²) in [6.07, 6.45) is 0. The number of amides is 1. The van der Waals surface area contributed by atoms with Crippen molar-refractivity contribution in [2.24, 2.45) is 0 Å². The van der Waals surface area contributed by atoms with Crippen LogP contribution in [0.1, 0.15) is 4.88 Å². The van der Waals surface area contributed by atoms with Crippen LogP contribution in [0.2, 0.25) is 0 Å². The normalized spacial score (nSPS) is 10.3. The first-order valence-corrected chi connectivity index (χ1v) is 8.57. The van der Waals surface area contributed by atoms with E-state index >= 15 is 0 Å². The lowest BCUT2D eigenvalue weighted by atomic mass is 10.1. The first-order chi connectivity index (χ1) is 12.2. The highest BCUT2D eigenvalue weighted by Crippen LogP contribution is 2.31. The van der Waals surface area contributed by atoms with Gasteiger partial charge in [-0.3, -0.25) is 10.1 Å². The van der Waals surface area contributed by atoms with E-state index in [1.54, 1.807) is 7.11 Å². The number of aryl methyl sites for hydroxylation is 1. The average Bonchev–Trinajstić information content (AvgIpc) is 3.01. The van der Waals surface area contributed by atoms with Gasteiger partial charge in [-0.05, 0) is 43.3 Å². The first-order valence-electron chi connectivity index (χ1n) is 7.75. The second-order valence-corrected chi connectivity index (χ2v) is 6.51. The zero-order chi connectivity index (χ0) is 17.6. The Hall–Kier alpha value is -2.86. The monoisotopic (exact) mass is 354 g/mol. The van der Waals surface area contributed by atoms with Crippen LogP contribution in [0.3, 0.4) is 0 Å². The van der Waals surface area contributed by atoms with Crippen LogP contribution in [0.15, 0.2) is 54.6 Å². The van der Waals surface area contributed by atoms with Gasteiger partial charge >= 0.3 is 0 Å². The number of nitrogens with one attached hydrogen (secondary N) is 1. The zero-order valence-electron chi connectivity index (χ0n) is 14.0. The number of para-hydroxylation sites is 1. The second kappa shape index (κ2) is 7.81. The molecule has 0 aliphatic rings. The first kappa shape index (κ1) is 17.0. The Labute approximate surface area is 150 Å². The van der Waals surface area contributed by atoms with Crippen LogP contribution in [0, 0.1) is 6.92 Å². The molecule has 0 fully saturated rings. The number of hydrogen-bond donors (Lipinski definition) is 1. The molecule has 128 valence electrons. The highest BCUT2D eigenvalue weighted by molar-refractivity contribution is 7.16. The smallest absolute Gasteiger partial charge is 0.264 e. The summed E-state index contributed by atoms with van der Waals surface area (Å²) in [5, 5.41) is 3.34. The molecule has 0 spiro atoms. The summed E-state index contributed by atoms with van der Waals surface area (Å²) in [5.74, 6) is 1.22. The van der Waals surface area contributed by atoms with Crippen molar-refractivity contribution in [2.75, 3.05) is 19.0 Å². The van der Waals surface area contributed by atoms with Gasteiger partial charge in [-0.25, -0.2) is 4.98 Å². The minimum absolute atomic E-state index is 0.0550. The number of aromatic nitrogens is 1. The Balaban J connectivity index is 1.64. The lowest BCUT2D eigenvalue weighted by Crippen LogP contribution is -2.19. The summed E-state index contributed by atoms with van der Waals surface area (Å²) in [6.45, 7) is 1.92. The molecule has 1 heterocycles. The number of ether oxygens (including phenoxy) is 2. The number of anilines is 1. The largest absolute Gasteiger partial charge is 0.497 e. The molecule has 0 atom stereocenters. The molecule has 1 N–H and O–H groups in total. The van der Waals surface area contributed by atoms with Crippen molar-refractivity contribution in [1.82, 2.24) is 4.98 Å². The Morgan fingerprint density at radius 3 is 2.48 bits per heavy atom. The molecule has 0 aliphatic heterocycles. The molecule has 25 heavy (non-hydrogen) atoms. The number of hydrogen-bond acceptors (Lipinski definition) is 5. The third kappa shape index (κ3) is 4.36. The molecular weight excluding hydrogens is 336 g/mol. The fourth-order valence-electron chi connectivity index (χ4n) is 2.29. The number of benzene rings is 2. The van der Waals surface area contributed by atoms with Gasteiger partial charge in [0.25, 0.3) is 5.91 Å². The summed E-state index contributed by atoms with van der Waals surface area (Å²) >= 11 is 1.44. The van der Waals surface area contributed by atoms with Gasteiger partial charge in [-0.15, -0.1) is 11.3 Å². The summed E-state index contributed by atoms with van der Waals surface area (Å²) in [7, 11) is 1.63. The van der Waals surface area contributed by atoms with Gasteiger partial charge < -0.3 is 9.47 Å². The van der Waals surface area contributed by atoms with Crippen LogP contribution in [-0.2, 0) is 4.79 Å². The van der Waals surface area contributed by atoms with Gasteiger partial charge in [0.2, 0.25) is 0 Å². The maximum atomic E-state index is 12.0. The van der Waals surface area contributed by atoms with Crippen molar-refractivity contribution in [2.45, 2.75) is 6.92 Å². The van der Waals surface area contributed by atoms with Crippen LogP contribution in [0.25, 0.3) is 11.3 Å². The molecule has 5 nitrogen and oxygen atoms in total. The van der Waals surface area contributed by atoms with E-state index in [1.807, 2.05) is 61.5 Å². The van der Waals surface area contributed by atoms with Crippen LogP contribution in [0.4, 0.5) is 5.13 Å². The van der Waals surface area contributed by atoms with E-state index in [1.165, 1.54) is 11.3 Å². The van der Waals surface area contributed by atoms with E-state index in [-0.39, 0.29) is 12.5 Å². The number of nitrogens with zero attached hydrogens (tertiary/aromatic N) is 1. The summed E-state index contributed by atoms with van der Waals surface area (Å²) < 4.78 is 10.6. The maximum absolute atomic E-state index is 12.0. The van der Waals surface area contributed by atoms with Crippen molar-refractivity contribution in [3.8, 4) is 22.8 Å². The van der Waals surface area contributed by atoms with Crippen molar-refractivity contribution in [1.29, 1.82) is 0 Å². The van der Waals surface area contributed by atoms with E-state index < -0.39 is 0 Å². The SMILES string of the molecule is COc1ccc(-c2nc(NC(=O)COc3ccccc3)sc2C)cc1. The number of methoxy groups -OCH3 is 1. The molecule has 0 bridgehead atoms. The Morgan fingerprint density at radius 2 is 1.80 bits per heavy atom. The molecule has 2 aromatic carbocycles. The van der Waals surface area contributed by atoms with E-state index in [0.717, 1.165) is 21.9 Å². The summed E-state index contributed by atoms with van der Waals surface area (Å²) in [6, 6.07) is 16.9. The van der Waals surface area contributed by atoms with Gasteiger partial charge in [0.15, 0.2) is 11.7 Å². The Morgan fingerprint density at radius 1 is 1.08 bits per heavy atom. The quantitative estimate of drug-likeness (QED) is 0.722. The van der Waals surface area contributed by atoms with Crippen molar-refractivity contribution < 1.29 is 14.3 Å². The molecule has 0 radical (unpaired) electrons. The minimum Gasteiger partial charge on any atom is -0.497 e. The molecule has 1 aromatic heterocycles. The van der Waals surface area contributed by atoms with Gasteiger partial charge in [-0.1, -0.05) is 18.2 Å². The zero-order valence-corrected chi connectivity index (χ0v) is 14.8. The number of thiazole rings is 1. The summed E-state index contributed by atoms with van der Waals surface area (Å²) in [5.41, 5.74) is 1.84. The Kier molecular flexibility index (Phi) is 5.30. The maximum Gasteiger partial charge on any atom is 0.264 e. The fraction of sp³-hybridized carbons (Fsp3) is 0.158. The van der Waals surface area contributed by atoms with Crippen LogP contribution in [-0.4, -0.2) is 24.6 Å². The van der Waals surface area contributed by atoms with Crippen LogP contribution >= 0.6 is 11.3 Å². The van der Waals surface area contributed by atoms with Crippen molar-refractivity contribution >= 4 is 22.4 Å². The highest BCUT2D eigenvalue weighted by atomic mass is 32.1. The van der Waals surface area contributed by atoms with E-state index in [4.69, 9.17) is 9.47 Å². The predicted molar refractivity (Wildman–Crippen MR) is 99.4 cm³/mol. The molecule has 0 saturated heterocycles. The molecule has 0 aliphatic carbocycles. The van der Waals surface area contributed by atoms with E-state index in [0.29, 0.717) is 10.9 Å². The number of carbonyl (C=O) groups is 1. The predicted octanol–water partition coefficient (Wildman–Crippen LogP) is 4.14. The molecule has 0 unspecified atom stereocenters. The molecule has 1 amide bonds. The van der Waals surface area contributed by atoms with Crippen molar-refractivity contribution in [3.05, 3.63) is 59.5 Å². The van der Waals surface area contributed by atoms with Gasteiger partial charge in [0, 0.05) is 10.4 Å². The number of rotatable bonds is 6. The second-order valence-electron chi connectivity index (χ2n) is 5.30. The fourth-order valence-corrected chi connectivity index (χ4v) is 3.14. The van der Waals surface area contributed by atoms with Crippen LogP contribution < -0.4 is 14.8 Å². The minimum atomic E-state index is -0.237. The highest BCUT2D eigenvalue weighted by Gasteiger charge is 2.12. The van der Waals surface area contributed by atoms with Gasteiger partial charge in [0.05, 0.1) is 12.8 Å². The lowest BCUT2D eigenvalue weighted by Gasteiger charge is -2.05. The van der Waals surface area contributed by atoms with E-state index in [9.17, 15) is 4.79 Å². The summed E-state index contributed by atoms with van der Waals surface area (Å²) in [4.78, 5) is 17.6. The molecule has 0 saturated carbocycles. The topological polar surface area (TPSA) is 60.5 Å². The lowest BCUT2D eigenvalue weighted by molar-refractivity contribution is -0.118. The molecule has 6 heteroatoms. The van der Waals surface area contributed by atoms with Gasteiger partial charge in [0.1, 0.15) is 11.5 Å². The van der Waals surface area contributed by atoms with Crippen molar-refractivity contribution in [3.63, 3.8) is 0 Å². The molecule has 3 rings (SSSR count). The van der Waals surface area contributed by atoms with E-state index in [2.05, 4.69) is 10.3 Å². The third-order valence-electron chi connectivity index (χ3n) is 3.52. The Bertz CT molecular complexity index is 845. The van der Waals surface area contributed by atoms with Gasteiger partial charge in [-0.2, -0.15) is 0 Å². The molecule has 3 aromatic rings. The third-order valence-corrected chi connectivity index (χ3v) is 4.41.